The van der Waals surface area contributed by atoms with Crippen LogP contribution in [0.1, 0.15) is 12.0 Å². The smallest absolute Gasteiger partial charge is 0.509 e. The molecule has 10 heteroatoms. The molecule has 0 bridgehead atoms. The minimum Gasteiger partial charge on any atom is -0.509 e. The highest BCUT2D eigenvalue weighted by atomic mass is 35.5. The number of amides is 1. The van der Waals surface area contributed by atoms with Gasteiger partial charge >= 0.3 is 6.16 Å². The Labute approximate surface area is 186 Å². The zero-order valence-electron chi connectivity index (χ0n) is 17.2. The van der Waals surface area contributed by atoms with Gasteiger partial charge in [0, 0.05) is 55.7 Å². The predicted octanol–water partition coefficient (Wildman–Crippen LogP) is 3.75. The number of fused-ring (bicyclic) bond motifs is 1. The number of halogens is 2. The van der Waals surface area contributed by atoms with Crippen LogP contribution >= 0.6 is 24.0 Å². The minimum atomic E-state index is -0.815. The Morgan fingerprint density at radius 2 is 2.10 bits per heavy atom. The van der Waals surface area contributed by atoms with Crippen molar-refractivity contribution in [3.05, 3.63) is 46.5 Å². The van der Waals surface area contributed by atoms with Crippen LogP contribution in [0.5, 0.6) is 0 Å². The average molecular weight is 460 g/mol. The quantitative estimate of drug-likeness (QED) is 0.522. The van der Waals surface area contributed by atoms with E-state index in [1.165, 1.54) is 17.6 Å². The maximum absolute atomic E-state index is 11.2. The fourth-order valence-electron chi connectivity index (χ4n) is 2.84. The zero-order valence-corrected chi connectivity index (χ0v) is 18.8. The molecule has 2 N–H and O–H groups in total. The van der Waals surface area contributed by atoms with Crippen molar-refractivity contribution in [2.75, 3.05) is 40.8 Å². The van der Waals surface area contributed by atoms with E-state index in [1.54, 1.807) is 14.1 Å². The molecular weight excluding hydrogens is 433 g/mol. The fraction of sp³-hybridized carbons (Fsp3) is 0.400. The van der Waals surface area contributed by atoms with Gasteiger partial charge in [0.1, 0.15) is 5.76 Å². The highest BCUT2D eigenvalue weighted by Crippen LogP contribution is 2.24. The van der Waals surface area contributed by atoms with Gasteiger partial charge in [0.05, 0.1) is 13.7 Å². The summed E-state index contributed by atoms with van der Waals surface area (Å²) in [4.78, 5) is 27.5. The third-order valence-electron chi connectivity index (χ3n) is 4.36. The molecule has 2 aromatic rings. The van der Waals surface area contributed by atoms with Gasteiger partial charge in [-0.05, 0) is 30.2 Å². The summed E-state index contributed by atoms with van der Waals surface area (Å²) in [6.07, 6.45) is 3.20. The number of nitrogens with one attached hydrogen (secondary N) is 1. The standard InChI is InChI=1S/C17H19ClN2O4.C3H7NO.ClH/c1-23-17(22)24-16-10-20(7-5-15(16)21)6-4-11-9-19-14-3-2-12(18)8-13(11)14;1-4(2)3-5;/h2-3,8-9,19,21H,4-7,10H2,1H3;3H,1-2H3;1H. The van der Waals surface area contributed by atoms with Crippen LogP contribution in [-0.2, 0) is 20.7 Å². The lowest BCUT2D eigenvalue weighted by Gasteiger charge is -2.27. The van der Waals surface area contributed by atoms with Crippen molar-refractivity contribution in [1.82, 2.24) is 14.8 Å². The van der Waals surface area contributed by atoms with Crippen molar-refractivity contribution < 1.29 is 24.2 Å². The Morgan fingerprint density at radius 1 is 1.40 bits per heavy atom. The van der Waals surface area contributed by atoms with E-state index < -0.39 is 6.16 Å². The second-order valence-electron chi connectivity index (χ2n) is 6.78. The van der Waals surface area contributed by atoms with Crippen molar-refractivity contribution in [3.8, 4) is 0 Å². The number of hydrogen-bond acceptors (Lipinski definition) is 6. The monoisotopic (exact) mass is 459 g/mol. The molecule has 0 aliphatic carbocycles. The van der Waals surface area contributed by atoms with Gasteiger partial charge in [0.25, 0.3) is 0 Å². The van der Waals surface area contributed by atoms with Crippen LogP contribution < -0.4 is 0 Å². The lowest BCUT2D eigenvalue weighted by Crippen LogP contribution is -2.34. The van der Waals surface area contributed by atoms with Crippen LogP contribution in [0, 0.1) is 0 Å². The van der Waals surface area contributed by atoms with Crippen LogP contribution in [0.15, 0.2) is 35.9 Å². The number of aromatic amines is 1. The zero-order chi connectivity index (χ0) is 21.4. The molecule has 1 amide bonds. The van der Waals surface area contributed by atoms with E-state index in [0.29, 0.717) is 24.5 Å². The number of rotatable bonds is 5. The summed E-state index contributed by atoms with van der Waals surface area (Å²) >= 11 is 6.08. The number of nitrogens with zero attached hydrogens (tertiary/aromatic N) is 2. The molecule has 1 aliphatic rings. The molecule has 0 spiro atoms. The molecule has 8 nitrogen and oxygen atoms in total. The molecule has 0 saturated heterocycles. The molecule has 1 aromatic carbocycles. The second-order valence-corrected chi connectivity index (χ2v) is 7.21. The molecule has 166 valence electrons. The summed E-state index contributed by atoms with van der Waals surface area (Å²) in [5.74, 6) is 0.366. The van der Waals surface area contributed by atoms with Gasteiger partial charge in [-0.2, -0.15) is 0 Å². The average Bonchev–Trinajstić information content (AvgIpc) is 3.10. The van der Waals surface area contributed by atoms with Gasteiger partial charge in [0.2, 0.25) is 6.41 Å². The summed E-state index contributed by atoms with van der Waals surface area (Å²) in [5.41, 5.74) is 2.24. The number of carbonyl (C=O) groups excluding carboxylic acids is 2. The molecular formula is C20H27Cl2N3O5. The van der Waals surface area contributed by atoms with E-state index in [1.807, 2.05) is 24.4 Å². The highest BCUT2D eigenvalue weighted by molar-refractivity contribution is 6.31. The lowest BCUT2D eigenvalue weighted by atomic mass is 10.1. The Hall–Kier alpha value is -2.42. The molecule has 1 aromatic heterocycles. The predicted molar refractivity (Wildman–Crippen MR) is 118 cm³/mol. The van der Waals surface area contributed by atoms with E-state index in [2.05, 4.69) is 14.6 Å². The molecule has 0 atom stereocenters. The Morgan fingerprint density at radius 3 is 2.73 bits per heavy atom. The van der Waals surface area contributed by atoms with E-state index in [4.69, 9.17) is 16.3 Å². The molecule has 3 rings (SSSR count). The molecule has 0 unspecified atom stereocenters. The molecule has 0 fully saturated rings. The van der Waals surface area contributed by atoms with Gasteiger partial charge < -0.3 is 24.5 Å². The van der Waals surface area contributed by atoms with Crippen LogP contribution in [0.25, 0.3) is 10.9 Å². The number of benzene rings is 1. The molecule has 2 heterocycles. The number of aromatic nitrogens is 1. The van der Waals surface area contributed by atoms with E-state index in [0.717, 1.165) is 30.3 Å². The van der Waals surface area contributed by atoms with Crippen molar-refractivity contribution in [2.24, 2.45) is 0 Å². The van der Waals surface area contributed by atoms with Crippen LogP contribution in [0.2, 0.25) is 5.02 Å². The number of aliphatic hydroxyl groups is 1. The molecule has 1 aliphatic heterocycles. The Bertz CT molecular complexity index is 882. The van der Waals surface area contributed by atoms with Gasteiger partial charge in [-0.15, -0.1) is 12.4 Å². The van der Waals surface area contributed by atoms with Crippen LogP contribution in [0.3, 0.4) is 0 Å². The first kappa shape index (κ1) is 25.6. The van der Waals surface area contributed by atoms with Gasteiger partial charge in [0.15, 0.2) is 5.76 Å². The third kappa shape index (κ3) is 7.44. The first-order valence-corrected chi connectivity index (χ1v) is 9.48. The van der Waals surface area contributed by atoms with Crippen LogP contribution in [-0.4, -0.2) is 73.3 Å². The third-order valence-corrected chi connectivity index (χ3v) is 4.60. The maximum atomic E-state index is 11.2. The largest absolute Gasteiger partial charge is 0.513 e. The normalized spacial score (nSPS) is 13.7. The number of carbonyl (C=O) groups is 2. The number of H-pyrrole nitrogens is 1. The SMILES string of the molecule is CN(C)C=O.COC(=O)OC1=C(O)CCN(CCc2c[nH]c3ccc(Cl)cc23)C1.Cl. The molecule has 0 radical (unpaired) electrons. The van der Waals surface area contributed by atoms with Crippen molar-refractivity contribution >= 4 is 47.5 Å². The summed E-state index contributed by atoms with van der Waals surface area (Å²) in [6, 6.07) is 5.78. The van der Waals surface area contributed by atoms with Gasteiger partial charge in [-0.3, -0.25) is 9.69 Å². The van der Waals surface area contributed by atoms with E-state index >= 15 is 0 Å². The number of aliphatic hydroxyl groups excluding tert-OH is 1. The first-order valence-electron chi connectivity index (χ1n) is 9.10. The topological polar surface area (TPSA) is 95.1 Å². The lowest BCUT2D eigenvalue weighted by molar-refractivity contribution is -0.115. The second kappa shape index (κ2) is 12.3. The number of ether oxygens (including phenoxy) is 2. The fourth-order valence-corrected chi connectivity index (χ4v) is 3.01. The van der Waals surface area contributed by atoms with Crippen molar-refractivity contribution in [3.63, 3.8) is 0 Å². The van der Waals surface area contributed by atoms with E-state index in [9.17, 15) is 14.7 Å². The minimum absolute atomic E-state index is 0. The summed E-state index contributed by atoms with van der Waals surface area (Å²) in [7, 11) is 4.61. The van der Waals surface area contributed by atoms with Crippen molar-refractivity contribution in [2.45, 2.75) is 12.8 Å². The Balaban J connectivity index is 0.000000674. The highest BCUT2D eigenvalue weighted by Gasteiger charge is 2.22. The van der Waals surface area contributed by atoms with Gasteiger partial charge in [-0.1, -0.05) is 11.6 Å². The van der Waals surface area contributed by atoms with Crippen LogP contribution in [0.4, 0.5) is 4.79 Å². The summed E-state index contributed by atoms with van der Waals surface area (Å²) in [6.45, 7) is 1.87. The summed E-state index contributed by atoms with van der Waals surface area (Å²) < 4.78 is 9.48. The maximum Gasteiger partial charge on any atom is 0.513 e. The number of hydrogen-bond donors (Lipinski definition) is 2. The first-order chi connectivity index (χ1) is 13.8. The Kier molecular flexibility index (Phi) is 10.5. The van der Waals surface area contributed by atoms with Gasteiger partial charge in [-0.25, -0.2) is 4.79 Å². The van der Waals surface area contributed by atoms with E-state index in [-0.39, 0.29) is 23.9 Å². The number of methoxy groups -OCH3 is 1. The molecule has 0 saturated carbocycles. The summed E-state index contributed by atoms with van der Waals surface area (Å²) in [5, 5.41) is 11.7. The molecule has 30 heavy (non-hydrogen) atoms. The van der Waals surface area contributed by atoms with Crippen molar-refractivity contribution in [1.29, 1.82) is 0 Å².